The van der Waals surface area contributed by atoms with Crippen LogP contribution < -0.4 is 4.90 Å². The van der Waals surface area contributed by atoms with Gasteiger partial charge in [0.2, 0.25) is 5.91 Å². The second-order valence-electron chi connectivity index (χ2n) is 6.37. The molecular weight excluding hydrogens is 324 g/mol. The predicted octanol–water partition coefficient (Wildman–Crippen LogP) is 1.57. The van der Waals surface area contributed by atoms with E-state index in [1.807, 2.05) is 21.7 Å². The highest BCUT2D eigenvalue weighted by Crippen LogP contribution is 2.25. The van der Waals surface area contributed by atoms with E-state index in [0.29, 0.717) is 25.9 Å². The van der Waals surface area contributed by atoms with Crippen LogP contribution in [0.15, 0.2) is 35.4 Å². The van der Waals surface area contributed by atoms with Gasteiger partial charge in [-0.2, -0.15) is 11.3 Å². The molecule has 0 aromatic carbocycles. The van der Waals surface area contributed by atoms with E-state index in [-0.39, 0.29) is 5.91 Å². The molecule has 1 amide bonds. The van der Waals surface area contributed by atoms with Crippen molar-refractivity contribution in [3.63, 3.8) is 0 Å². The second kappa shape index (κ2) is 7.27. The largest absolute Gasteiger partial charge is 0.386 e. The van der Waals surface area contributed by atoms with Crippen LogP contribution in [0.4, 0.5) is 5.82 Å². The Morgan fingerprint density at radius 1 is 1.50 bits per heavy atom. The number of β-amino-alcohol motifs (C(OH)–C–C–N with tert-alkyl or cyclic N) is 1. The number of likely N-dealkylation sites (N-methyl/N-ethyl adjacent to an activating group) is 1. The van der Waals surface area contributed by atoms with E-state index in [2.05, 4.69) is 9.97 Å². The third-order valence-corrected chi connectivity index (χ3v) is 5.05. The molecule has 1 aliphatic heterocycles. The van der Waals surface area contributed by atoms with E-state index >= 15 is 0 Å². The Labute approximate surface area is 145 Å². The Bertz CT molecular complexity index is 664. The molecule has 24 heavy (non-hydrogen) atoms. The van der Waals surface area contributed by atoms with Gasteiger partial charge in [0.25, 0.3) is 0 Å². The van der Waals surface area contributed by atoms with Gasteiger partial charge in [0.05, 0.1) is 24.8 Å². The molecule has 128 valence electrons. The normalized spacial score (nSPS) is 20.8. The number of aromatic nitrogens is 2. The molecule has 3 rings (SSSR count). The van der Waals surface area contributed by atoms with Gasteiger partial charge in [-0.25, -0.2) is 4.98 Å². The second-order valence-corrected chi connectivity index (χ2v) is 7.15. The highest BCUT2D eigenvalue weighted by Gasteiger charge is 2.35. The van der Waals surface area contributed by atoms with Crippen LogP contribution in [0.25, 0.3) is 0 Å². The first-order valence-electron chi connectivity index (χ1n) is 8.04. The summed E-state index contributed by atoms with van der Waals surface area (Å²) in [7, 11) is 1.76. The maximum atomic E-state index is 12.4. The van der Waals surface area contributed by atoms with Crippen molar-refractivity contribution in [2.24, 2.45) is 0 Å². The van der Waals surface area contributed by atoms with Gasteiger partial charge in [0.1, 0.15) is 5.82 Å². The lowest BCUT2D eigenvalue weighted by atomic mass is 9.92. The van der Waals surface area contributed by atoms with Gasteiger partial charge in [-0.3, -0.25) is 9.78 Å². The minimum absolute atomic E-state index is 0.0263. The molecule has 2 aromatic rings. The van der Waals surface area contributed by atoms with Gasteiger partial charge in [0.15, 0.2) is 0 Å². The summed E-state index contributed by atoms with van der Waals surface area (Å²) in [5.41, 5.74) is 0.100. The van der Waals surface area contributed by atoms with Gasteiger partial charge in [-0.05, 0) is 35.2 Å². The molecule has 2 aromatic heterocycles. The summed E-state index contributed by atoms with van der Waals surface area (Å²) in [6.07, 6.45) is 6.91. The van der Waals surface area contributed by atoms with Gasteiger partial charge >= 0.3 is 0 Å². The summed E-state index contributed by atoms with van der Waals surface area (Å²) in [5.74, 6) is 0.793. The van der Waals surface area contributed by atoms with Crippen molar-refractivity contribution in [2.45, 2.75) is 24.9 Å². The Balaban J connectivity index is 1.61. The average molecular weight is 346 g/mol. The van der Waals surface area contributed by atoms with Gasteiger partial charge in [-0.1, -0.05) is 0 Å². The van der Waals surface area contributed by atoms with Gasteiger partial charge < -0.3 is 14.9 Å². The van der Waals surface area contributed by atoms with Crippen LogP contribution in [0.5, 0.6) is 0 Å². The van der Waals surface area contributed by atoms with Crippen LogP contribution in [-0.4, -0.2) is 58.2 Å². The molecule has 1 N–H and O–H groups in total. The molecule has 0 unspecified atom stereocenters. The number of rotatable bonds is 5. The van der Waals surface area contributed by atoms with Crippen LogP contribution >= 0.6 is 11.3 Å². The van der Waals surface area contributed by atoms with E-state index in [1.165, 1.54) is 0 Å². The average Bonchev–Trinajstić information content (AvgIpc) is 3.08. The monoisotopic (exact) mass is 346 g/mol. The van der Waals surface area contributed by atoms with E-state index in [4.69, 9.17) is 0 Å². The third-order valence-electron chi connectivity index (χ3n) is 4.32. The van der Waals surface area contributed by atoms with Crippen LogP contribution in [0.1, 0.15) is 18.4 Å². The number of nitrogens with zero attached hydrogens (tertiary/aromatic N) is 4. The first kappa shape index (κ1) is 16.9. The molecule has 1 fully saturated rings. The molecule has 6 nitrogen and oxygen atoms in total. The molecule has 1 atom stereocenters. The number of carbonyl (C=O) groups is 1. The third kappa shape index (κ3) is 4.10. The minimum atomic E-state index is -0.922. The number of hydrogen-bond acceptors (Lipinski definition) is 6. The number of thiophene rings is 1. The van der Waals surface area contributed by atoms with Crippen molar-refractivity contribution in [1.29, 1.82) is 0 Å². The molecule has 0 bridgehead atoms. The van der Waals surface area contributed by atoms with Crippen LogP contribution in [0.2, 0.25) is 0 Å². The zero-order valence-corrected chi connectivity index (χ0v) is 14.6. The lowest BCUT2D eigenvalue weighted by molar-refractivity contribution is -0.132. The van der Waals surface area contributed by atoms with Crippen LogP contribution in [-0.2, 0) is 11.2 Å². The Hall–Kier alpha value is -1.99. The SMILES string of the molecule is CN(C[C@@]1(O)CCCN(c2cnccn2)C1)C(=O)Cc1ccsc1. The van der Waals surface area contributed by atoms with E-state index in [0.717, 1.165) is 24.3 Å². The fourth-order valence-electron chi connectivity index (χ4n) is 3.12. The Kier molecular flexibility index (Phi) is 5.11. The molecule has 3 heterocycles. The summed E-state index contributed by atoms with van der Waals surface area (Å²) in [6.45, 7) is 1.63. The number of aliphatic hydroxyl groups is 1. The zero-order chi connectivity index (χ0) is 17.0. The van der Waals surface area contributed by atoms with E-state index in [1.54, 1.807) is 41.9 Å². The van der Waals surface area contributed by atoms with E-state index < -0.39 is 5.60 Å². The molecule has 7 heteroatoms. The first-order valence-corrected chi connectivity index (χ1v) is 8.98. The smallest absolute Gasteiger partial charge is 0.226 e. The standard InChI is InChI=1S/C17H22N4O2S/c1-20(16(22)9-14-3-8-24-11-14)12-17(23)4-2-7-21(13-17)15-10-18-5-6-19-15/h3,5-6,8,10-11,23H,2,4,7,9,12-13H2,1H3/t17-/m0/s1. The maximum Gasteiger partial charge on any atom is 0.226 e. The number of anilines is 1. The predicted molar refractivity (Wildman–Crippen MR) is 94.1 cm³/mol. The van der Waals surface area contributed by atoms with E-state index in [9.17, 15) is 9.90 Å². The summed E-state index contributed by atoms with van der Waals surface area (Å²) < 4.78 is 0. The number of carbonyl (C=O) groups excluding carboxylic acids is 1. The highest BCUT2D eigenvalue weighted by atomic mass is 32.1. The molecule has 0 aliphatic carbocycles. The van der Waals surface area contributed by atoms with Crippen molar-refractivity contribution < 1.29 is 9.90 Å². The first-order chi connectivity index (χ1) is 11.6. The van der Waals surface area contributed by atoms with Crippen molar-refractivity contribution in [2.75, 3.05) is 31.6 Å². The highest BCUT2D eigenvalue weighted by molar-refractivity contribution is 7.07. The Morgan fingerprint density at radius 3 is 3.08 bits per heavy atom. The van der Waals surface area contributed by atoms with Crippen LogP contribution in [0.3, 0.4) is 0 Å². The Morgan fingerprint density at radius 2 is 2.38 bits per heavy atom. The topological polar surface area (TPSA) is 69.6 Å². The fourth-order valence-corrected chi connectivity index (χ4v) is 3.79. The summed E-state index contributed by atoms with van der Waals surface area (Å²) >= 11 is 1.59. The fraction of sp³-hybridized carbons (Fsp3) is 0.471. The molecular formula is C17H22N4O2S. The molecule has 1 saturated heterocycles. The van der Waals surface area contributed by atoms with Gasteiger partial charge in [0, 0.05) is 32.5 Å². The quantitative estimate of drug-likeness (QED) is 0.890. The number of amides is 1. The number of hydrogen-bond donors (Lipinski definition) is 1. The number of piperidine rings is 1. The summed E-state index contributed by atoms with van der Waals surface area (Å²) in [6, 6.07) is 1.96. The van der Waals surface area contributed by atoms with Crippen molar-refractivity contribution >= 4 is 23.1 Å². The summed E-state index contributed by atoms with van der Waals surface area (Å²) in [5, 5.41) is 14.9. The molecule has 0 saturated carbocycles. The zero-order valence-electron chi connectivity index (χ0n) is 13.8. The lowest BCUT2D eigenvalue weighted by Gasteiger charge is -2.41. The maximum absolute atomic E-state index is 12.4. The lowest BCUT2D eigenvalue weighted by Crippen LogP contribution is -2.55. The molecule has 1 aliphatic rings. The summed E-state index contributed by atoms with van der Waals surface area (Å²) in [4.78, 5) is 24.4. The van der Waals surface area contributed by atoms with Crippen LogP contribution in [0, 0.1) is 0 Å². The van der Waals surface area contributed by atoms with Crippen molar-refractivity contribution in [3.05, 3.63) is 41.0 Å². The molecule has 0 radical (unpaired) electrons. The van der Waals surface area contributed by atoms with Gasteiger partial charge in [-0.15, -0.1) is 0 Å². The van der Waals surface area contributed by atoms with Crippen molar-refractivity contribution in [1.82, 2.24) is 14.9 Å². The molecule has 0 spiro atoms. The van der Waals surface area contributed by atoms with Crippen molar-refractivity contribution in [3.8, 4) is 0 Å². The minimum Gasteiger partial charge on any atom is -0.386 e.